The van der Waals surface area contributed by atoms with Crippen LogP contribution in [0.25, 0.3) is 0 Å². The molecule has 2 aromatic heterocycles. The van der Waals surface area contributed by atoms with Gasteiger partial charge in [-0.25, -0.2) is 18.2 Å². The largest absolute Gasteiger partial charge is 0.478 e. The van der Waals surface area contributed by atoms with Gasteiger partial charge >= 0.3 is 5.97 Å². The maximum atomic E-state index is 12.3. The topological polar surface area (TPSA) is 99.6 Å². The highest BCUT2D eigenvalue weighted by Crippen LogP contribution is 2.28. The molecule has 7 nitrogen and oxygen atoms in total. The molecule has 10 heteroatoms. The van der Waals surface area contributed by atoms with Gasteiger partial charge in [-0.15, -0.1) is 11.3 Å². The second-order valence-corrected chi connectivity index (χ2v) is 9.71. The molecular weight excluding hydrogens is 430 g/mol. The first kappa shape index (κ1) is 19.7. The van der Waals surface area contributed by atoms with Crippen LogP contribution in [-0.2, 0) is 10.0 Å². The van der Waals surface area contributed by atoms with Crippen molar-refractivity contribution in [1.29, 1.82) is 0 Å². The zero-order chi connectivity index (χ0) is 18.6. The van der Waals surface area contributed by atoms with Gasteiger partial charge < -0.3 is 10.0 Å². The number of aromatic carboxylic acids is 1. The van der Waals surface area contributed by atoms with Gasteiger partial charge in [0.25, 0.3) is 10.0 Å². The van der Waals surface area contributed by atoms with Gasteiger partial charge in [-0.05, 0) is 40.5 Å². The number of carbonyl (C=O) groups is 1. The highest BCUT2D eigenvalue weighted by molar-refractivity contribution is 9.11. The molecule has 25 heavy (non-hydrogen) atoms. The van der Waals surface area contributed by atoms with E-state index in [-0.39, 0.29) is 15.5 Å². The summed E-state index contributed by atoms with van der Waals surface area (Å²) in [7, 11) is -2.03. The summed E-state index contributed by atoms with van der Waals surface area (Å²) in [6.07, 6.45) is 3.20. The fraction of sp³-hybridized carbons (Fsp3) is 0.333. The van der Waals surface area contributed by atoms with Gasteiger partial charge in [0.2, 0.25) is 0 Å². The van der Waals surface area contributed by atoms with Crippen LogP contribution < -0.4 is 9.62 Å². The quantitative estimate of drug-likeness (QED) is 0.640. The molecule has 0 fully saturated rings. The van der Waals surface area contributed by atoms with E-state index in [2.05, 4.69) is 25.6 Å². The van der Waals surface area contributed by atoms with Gasteiger partial charge in [0.1, 0.15) is 15.6 Å². The number of anilines is 2. The van der Waals surface area contributed by atoms with E-state index >= 15 is 0 Å². The Morgan fingerprint density at radius 1 is 1.44 bits per heavy atom. The van der Waals surface area contributed by atoms with Gasteiger partial charge in [-0.3, -0.25) is 4.72 Å². The predicted molar refractivity (Wildman–Crippen MR) is 102 cm³/mol. The molecule has 2 aromatic rings. The van der Waals surface area contributed by atoms with Crippen molar-refractivity contribution in [2.45, 2.75) is 24.0 Å². The molecule has 0 saturated heterocycles. The molecule has 0 atom stereocenters. The summed E-state index contributed by atoms with van der Waals surface area (Å²) in [4.78, 5) is 17.4. The highest BCUT2D eigenvalue weighted by Gasteiger charge is 2.20. The van der Waals surface area contributed by atoms with Gasteiger partial charge in [0, 0.05) is 13.6 Å². The third-order valence-electron chi connectivity index (χ3n) is 3.37. The van der Waals surface area contributed by atoms with Crippen molar-refractivity contribution in [3.05, 3.63) is 33.7 Å². The van der Waals surface area contributed by atoms with Crippen molar-refractivity contribution >= 4 is 54.8 Å². The number of pyridine rings is 1. The average molecular weight is 448 g/mol. The molecule has 0 bridgehead atoms. The van der Waals surface area contributed by atoms with Crippen LogP contribution in [0.3, 0.4) is 0 Å². The molecule has 0 aliphatic heterocycles. The maximum absolute atomic E-state index is 12.3. The van der Waals surface area contributed by atoms with Crippen LogP contribution in [-0.4, -0.2) is 38.1 Å². The Balaban J connectivity index is 2.31. The smallest absolute Gasteiger partial charge is 0.339 e. The lowest BCUT2D eigenvalue weighted by Gasteiger charge is -2.20. The van der Waals surface area contributed by atoms with Crippen molar-refractivity contribution in [2.24, 2.45) is 0 Å². The number of sulfonamides is 1. The molecule has 0 unspecified atom stereocenters. The highest BCUT2D eigenvalue weighted by atomic mass is 79.9. The molecule has 0 aliphatic rings. The summed E-state index contributed by atoms with van der Waals surface area (Å²) in [6, 6.07) is 4.38. The Bertz CT molecular complexity index is 867. The van der Waals surface area contributed by atoms with E-state index in [1.807, 2.05) is 6.92 Å². The third kappa shape index (κ3) is 4.93. The Hall–Kier alpha value is -1.65. The summed E-state index contributed by atoms with van der Waals surface area (Å²) >= 11 is 4.28. The minimum absolute atomic E-state index is 0.0498. The van der Waals surface area contributed by atoms with E-state index in [0.717, 1.165) is 24.2 Å². The molecule has 0 radical (unpaired) electrons. The first-order valence-corrected chi connectivity index (χ1v) is 10.6. The number of carboxylic acids is 1. The zero-order valence-corrected chi connectivity index (χ0v) is 16.9. The van der Waals surface area contributed by atoms with E-state index in [1.165, 1.54) is 18.3 Å². The Morgan fingerprint density at radius 3 is 2.72 bits per heavy atom. The molecule has 2 N–H and O–H groups in total. The number of aromatic nitrogens is 1. The summed E-state index contributed by atoms with van der Waals surface area (Å²) in [6.45, 7) is 2.71. The van der Waals surface area contributed by atoms with Crippen molar-refractivity contribution < 1.29 is 18.3 Å². The lowest BCUT2D eigenvalue weighted by atomic mass is 10.2. The standard InChI is InChI=1S/C15H18BrN3O4S2/c1-3-4-7-19(2)14-11(15(20)21)8-10(9-17-14)18-25(22,23)13-6-5-12(16)24-13/h5-6,8-9,18H,3-4,7H2,1-2H3,(H,20,21). The first-order chi connectivity index (χ1) is 11.7. The van der Waals surface area contributed by atoms with E-state index in [0.29, 0.717) is 16.1 Å². The van der Waals surface area contributed by atoms with Gasteiger partial charge in [0.15, 0.2) is 0 Å². The Kier molecular flexibility index (Phi) is 6.42. The normalized spacial score (nSPS) is 11.3. The number of halogens is 1. The van der Waals surface area contributed by atoms with Gasteiger partial charge in [-0.2, -0.15) is 0 Å². The Morgan fingerprint density at radius 2 is 2.16 bits per heavy atom. The predicted octanol–water partition coefficient (Wildman–Crippen LogP) is 3.64. The fourth-order valence-corrected chi connectivity index (χ4v) is 5.17. The van der Waals surface area contributed by atoms with E-state index in [1.54, 1.807) is 18.0 Å². The van der Waals surface area contributed by atoms with Gasteiger partial charge in [0.05, 0.1) is 15.7 Å². The van der Waals surface area contributed by atoms with Crippen LogP contribution in [0.5, 0.6) is 0 Å². The lowest BCUT2D eigenvalue weighted by Crippen LogP contribution is -2.23. The second kappa shape index (κ2) is 8.15. The van der Waals surface area contributed by atoms with Crippen LogP contribution >= 0.6 is 27.3 Å². The number of nitrogens with one attached hydrogen (secondary N) is 1. The zero-order valence-electron chi connectivity index (χ0n) is 13.7. The monoisotopic (exact) mass is 447 g/mol. The molecule has 0 saturated carbocycles. The molecule has 2 rings (SSSR count). The SMILES string of the molecule is CCCCN(C)c1ncc(NS(=O)(=O)c2ccc(Br)s2)cc1C(=O)O. The van der Waals surface area contributed by atoms with Crippen LogP contribution in [0.4, 0.5) is 11.5 Å². The van der Waals surface area contributed by atoms with Crippen LogP contribution in [0.2, 0.25) is 0 Å². The molecule has 2 heterocycles. The maximum Gasteiger partial charge on any atom is 0.339 e. The van der Waals surface area contributed by atoms with E-state index in [9.17, 15) is 18.3 Å². The summed E-state index contributed by atoms with van der Waals surface area (Å²) in [5, 5.41) is 9.44. The number of unbranched alkanes of at least 4 members (excludes halogenated alkanes) is 1. The summed E-state index contributed by atoms with van der Waals surface area (Å²) in [5.74, 6) is -0.853. The fourth-order valence-electron chi connectivity index (χ4n) is 2.12. The minimum Gasteiger partial charge on any atom is -0.478 e. The lowest BCUT2D eigenvalue weighted by molar-refractivity contribution is 0.0697. The molecule has 0 aliphatic carbocycles. The molecule has 0 aromatic carbocycles. The third-order valence-corrected chi connectivity index (χ3v) is 6.87. The molecule has 136 valence electrons. The molecule has 0 amide bonds. The number of hydrogen-bond donors (Lipinski definition) is 2. The molecule has 0 spiro atoms. The number of hydrogen-bond acceptors (Lipinski definition) is 6. The number of nitrogens with zero attached hydrogens (tertiary/aromatic N) is 2. The second-order valence-electron chi connectivity index (χ2n) is 5.34. The van der Waals surface area contributed by atoms with E-state index < -0.39 is 16.0 Å². The summed E-state index contributed by atoms with van der Waals surface area (Å²) in [5.41, 5.74) is 0.0562. The van der Waals surface area contributed by atoms with Crippen LogP contribution in [0.1, 0.15) is 30.1 Å². The minimum atomic E-state index is -3.79. The van der Waals surface area contributed by atoms with Crippen molar-refractivity contribution in [1.82, 2.24) is 4.98 Å². The van der Waals surface area contributed by atoms with Crippen molar-refractivity contribution in [3.63, 3.8) is 0 Å². The van der Waals surface area contributed by atoms with Crippen LogP contribution in [0.15, 0.2) is 32.4 Å². The number of thiophene rings is 1. The average Bonchev–Trinajstić information content (AvgIpc) is 2.99. The van der Waals surface area contributed by atoms with E-state index in [4.69, 9.17) is 0 Å². The van der Waals surface area contributed by atoms with Crippen molar-refractivity contribution in [3.8, 4) is 0 Å². The number of carboxylic acid groups (broad SMARTS) is 1. The van der Waals surface area contributed by atoms with Gasteiger partial charge in [-0.1, -0.05) is 13.3 Å². The van der Waals surface area contributed by atoms with Crippen LogP contribution in [0, 0.1) is 0 Å². The molecular formula is C15H18BrN3O4S2. The first-order valence-electron chi connectivity index (χ1n) is 7.47. The summed E-state index contributed by atoms with van der Waals surface area (Å²) < 4.78 is 27.9. The number of rotatable bonds is 8. The van der Waals surface area contributed by atoms with Crippen molar-refractivity contribution in [2.75, 3.05) is 23.2 Å². The Labute approximate surface area is 158 Å².